The van der Waals surface area contributed by atoms with Crippen molar-refractivity contribution in [2.24, 2.45) is 0 Å². The third-order valence-corrected chi connectivity index (χ3v) is 5.20. The summed E-state index contributed by atoms with van der Waals surface area (Å²) >= 11 is 13.9. The molecule has 4 rings (SSSR count). The fourth-order valence-electron chi connectivity index (χ4n) is 2.55. The number of thiazole rings is 1. The maximum absolute atomic E-state index is 12.4. The number of benzene rings is 2. The molecule has 0 atom stereocenters. The molecule has 0 aliphatic carbocycles. The number of fused-ring (bicyclic) bond motifs is 1. The Hall–Kier alpha value is -2.14. The molecule has 118 valence electrons. The first kappa shape index (κ1) is 15.4. The third-order valence-electron chi connectivity index (χ3n) is 3.71. The number of aromatic amines is 1. The number of nitrogens with zero attached hydrogens (tertiary/aromatic N) is 1. The number of hydrogen-bond acceptors (Lipinski definition) is 3. The van der Waals surface area contributed by atoms with E-state index >= 15 is 0 Å². The van der Waals surface area contributed by atoms with Crippen molar-refractivity contribution < 1.29 is 0 Å². The van der Waals surface area contributed by atoms with Gasteiger partial charge in [-0.25, -0.2) is 4.98 Å². The van der Waals surface area contributed by atoms with E-state index in [-0.39, 0.29) is 5.56 Å². The average Bonchev–Trinajstić information content (AvgIpc) is 3.03. The number of pyridine rings is 1. The Balaban J connectivity index is 1.86. The number of halogens is 2. The molecule has 0 saturated heterocycles. The third kappa shape index (κ3) is 2.63. The van der Waals surface area contributed by atoms with Crippen LogP contribution in [-0.4, -0.2) is 9.97 Å². The molecular weight excluding hydrogens is 363 g/mol. The van der Waals surface area contributed by atoms with Crippen LogP contribution in [0.25, 0.3) is 32.7 Å². The quantitative estimate of drug-likeness (QED) is 0.495. The number of nitrogens with one attached hydrogen (secondary N) is 1. The van der Waals surface area contributed by atoms with Gasteiger partial charge in [-0.15, -0.1) is 11.3 Å². The van der Waals surface area contributed by atoms with Gasteiger partial charge < -0.3 is 4.98 Å². The van der Waals surface area contributed by atoms with Gasteiger partial charge in [0.15, 0.2) is 0 Å². The fourth-order valence-corrected chi connectivity index (χ4v) is 4.13. The van der Waals surface area contributed by atoms with E-state index in [0.717, 1.165) is 10.9 Å². The number of hydrogen-bond donors (Lipinski definition) is 1. The molecule has 24 heavy (non-hydrogen) atoms. The maximum atomic E-state index is 12.4. The van der Waals surface area contributed by atoms with Crippen molar-refractivity contribution in [1.29, 1.82) is 0 Å². The molecule has 4 aromatic rings. The zero-order valence-electron chi connectivity index (χ0n) is 12.2. The molecule has 2 heterocycles. The van der Waals surface area contributed by atoms with E-state index in [1.165, 1.54) is 11.3 Å². The largest absolute Gasteiger partial charge is 0.321 e. The topological polar surface area (TPSA) is 45.8 Å². The summed E-state index contributed by atoms with van der Waals surface area (Å²) in [4.78, 5) is 19.8. The predicted molar refractivity (Wildman–Crippen MR) is 101 cm³/mol. The van der Waals surface area contributed by atoms with Gasteiger partial charge in [-0.3, -0.25) is 4.79 Å². The molecule has 6 heteroatoms. The van der Waals surface area contributed by atoms with Crippen molar-refractivity contribution in [2.45, 2.75) is 0 Å². The first-order valence-corrected chi connectivity index (χ1v) is 8.79. The van der Waals surface area contributed by atoms with Crippen molar-refractivity contribution in [3.8, 4) is 21.8 Å². The van der Waals surface area contributed by atoms with E-state index in [9.17, 15) is 4.79 Å². The van der Waals surface area contributed by atoms with Crippen molar-refractivity contribution >= 4 is 45.4 Å². The lowest BCUT2D eigenvalue weighted by molar-refractivity contribution is 1.28. The van der Waals surface area contributed by atoms with Crippen LogP contribution in [0.5, 0.6) is 0 Å². The lowest BCUT2D eigenvalue weighted by Crippen LogP contribution is -2.08. The standard InChI is InChI=1S/C18H10Cl2N2OS/c19-12-5-3-6-13(20)16(12)18-22-15(9-24-18)11-8-10-4-1-2-7-14(10)21-17(11)23/h1-9H,(H,21,23). The van der Waals surface area contributed by atoms with Gasteiger partial charge in [-0.05, 0) is 29.7 Å². The summed E-state index contributed by atoms with van der Waals surface area (Å²) < 4.78 is 0. The van der Waals surface area contributed by atoms with Crippen LogP contribution in [0.3, 0.4) is 0 Å². The van der Waals surface area contributed by atoms with Crippen LogP contribution < -0.4 is 5.56 Å². The zero-order chi connectivity index (χ0) is 16.7. The Kier molecular flexibility index (Phi) is 3.88. The summed E-state index contributed by atoms with van der Waals surface area (Å²) in [5, 5.41) is 4.56. The van der Waals surface area contributed by atoms with E-state index in [4.69, 9.17) is 23.2 Å². The number of aromatic nitrogens is 2. The molecule has 2 aromatic carbocycles. The van der Waals surface area contributed by atoms with Gasteiger partial charge in [0, 0.05) is 16.5 Å². The van der Waals surface area contributed by atoms with Crippen LogP contribution in [0.1, 0.15) is 0 Å². The number of rotatable bonds is 2. The molecule has 0 aliphatic heterocycles. The van der Waals surface area contributed by atoms with Crippen LogP contribution in [0, 0.1) is 0 Å². The van der Waals surface area contributed by atoms with Crippen LogP contribution in [-0.2, 0) is 0 Å². The van der Waals surface area contributed by atoms with Crippen LogP contribution >= 0.6 is 34.5 Å². The smallest absolute Gasteiger partial charge is 0.257 e. The summed E-state index contributed by atoms with van der Waals surface area (Å²) in [7, 11) is 0. The van der Waals surface area contributed by atoms with E-state index in [1.807, 2.05) is 35.7 Å². The van der Waals surface area contributed by atoms with Crippen molar-refractivity contribution in [3.63, 3.8) is 0 Å². The van der Waals surface area contributed by atoms with Gasteiger partial charge in [0.05, 0.1) is 21.3 Å². The molecule has 0 radical (unpaired) electrons. The van der Waals surface area contributed by atoms with Crippen molar-refractivity contribution in [1.82, 2.24) is 9.97 Å². The van der Waals surface area contributed by atoms with Crippen LogP contribution in [0.15, 0.2) is 58.7 Å². The van der Waals surface area contributed by atoms with Crippen molar-refractivity contribution in [3.05, 3.63) is 74.3 Å². The van der Waals surface area contributed by atoms with Gasteiger partial charge in [0.2, 0.25) is 0 Å². The first-order valence-electron chi connectivity index (χ1n) is 7.16. The van der Waals surface area contributed by atoms with Gasteiger partial charge in [0.1, 0.15) is 5.01 Å². The molecule has 0 aliphatic rings. The van der Waals surface area contributed by atoms with Gasteiger partial charge in [-0.1, -0.05) is 47.5 Å². The monoisotopic (exact) mass is 372 g/mol. The molecule has 0 spiro atoms. The molecule has 0 fully saturated rings. The van der Waals surface area contributed by atoms with E-state index < -0.39 is 0 Å². The Labute approximate surface area is 151 Å². The Bertz CT molecular complexity index is 1100. The summed E-state index contributed by atoms with van der Waals surface area (Å²) in [6, 6.07) is 14.8. The van der Waals surface area contributed by atoms with E-state index in [1.54, 1.807) is 18.2 Å². The van der Waals surface area contributed by atoms with E-state index in [0.29, 0.717) is 31.9 Å². The molecule has 2 aromatic heterocycles. The molecular formula is C18H10Cl2N2OS. The Morgan fingerprint density at radius 3 is 2.54 bits per heavy atom. The molecule has 0 unspecified atom stereocenters. The predicted octanol–water partition coefficient (Wildman–Crippen LogP) is 5.63. The lowest BCUT2D eigenvalue weighted by atomic mass is 10.1. The summed E-state index contributed by atoms with van der Waals surface area (Å²) in [6.45, 7) is 0. The highest BCUT2D eigenvalue weighted by atomic mass is 35.5. The second-order valence-corrected chi connectivity index (χ2v) is 6.91. The summed E-state index contributed by atoms with van der Waals surface area (Å²) in [6.07, 6.45) is 0. The normalized spacial score (nSPS) is 11.1. The molecule has 1 N–H and O–H groups in total. The Morgan fingerprint density at radius 2 is 1.75 bits per heavy atom. The maximum Gasteiger partial charge on any atom is 0.257 e. The zero-order valence-corrected chi connectivity index (χ0v) is 14.5. The van der Waals surface area contributed by atoms with Gasteiger partial charge in [-0.2, -0.15) is 0 Å². The highest BCUT2D eigenvalue weighted by molar-refractivity contribution is 7.13. The molecule has 0 amide bonds. The minimum Gasteiger partial charge on any atom is -0.321 e. The number of para-hydroxylation sites is 1. The van der Waals surface area contributed by atoms with Crippen molar-refractivity contribution in [2.75, 3.05) is 0 Å². The fraction of sp³-hybridized carbons (Fsp3) is 0. The minimum absolute atomic E-state index is 0.171. The summed E-state index contributed by atoms with van der Waals surface area (Å²) in [5.41, 5.74) is 2.46. The van der Waals surface area contributed by atoms with E-state index in [2.05, 4.69) is 9.97 Å². The second kappa shape index (κ2) is 6.06. The van der Waals surface area contributed by atoms with Crippen LogP contribution in [0.4, 0.5) is 0 Å². The minimum atomic E-state index is -0.171. The molecule has 0 saturated carbocycles. The van der Waals surface area contributed by atoms with Gasteiger partial charge >= 0.3 is 0 Å². The number of H-pyrrole nitrogens is 1. The van der Waals surface area contributed by atoms with Gasteiger partial charge in [0.25, 0.3) is 5.56 Å². The summed E-state index contributed by atoms with van der Waals surface area (Å²) in [5.74, 6) is 0. The SMILES string of the molecule is O=c1[nH]c2ccccc2cc1-c1csc(-c2c(Cl)cccc2Cl)n1. The molecule has 3 nitrogen and oxygen atoms in total. The van der Waals surface area contributed by atoms with Crippen LogP contribution in [0.2, 0.25) is 10.0 Å². The Morgan fingerprint density at radius 1 is 1.00 bits per heavy atom. The highest BCUT2D eigenvalue weighted by Crippen LogP contribution is 2.37. The first-order chi connectivity index (χ1) is 11.6. The average molecular weight is 373 g/mol. The highest BCUT2D eigenvalue weighted by Gasteiger charge is 2.15. The molecule has 0 bridgehead atoms. The second-order valence-electron chi connectivity index (χ2n) is 5.23. The lowest BCUT2D eigenvalue weighted by Gasteiger charge is -2.03.